The molecule has 1 aliphatic rings. The van der Waals surface area contributed by atoms with Crippen LogP contribution in [-0.4, -0.2) is 12.1 Å². The number of rotatable bonds is 3. The van der Waals surface area contributed by atoms with Gasteiger partial charge in [-0.15, -0.1) is 0 Å². The Kier molecular flexibility index (Phi) is 3.91. The highest BCUT2D eigenvalue weighted by Crippen LogP contribution is 2.45. The van der Waals surface area contributed by atoms with Gasteiger partial charge in [0.1, 0.15) is 11.4 Å². The molecule has 19 heavy (non-hydrogen) atoms. The molecule has 1 atom stereocenters. The Morgan fingerprint density at radius 1 is 1.37 bits per heavy atom. The highest BCUT2D eigenvalue weighted by atomic mass is 16.5. The second-order valence-electron chi connectivity index (χ2n) is 6.55. The number of nitrogens with one attached hydrogen (secondary N) is 1. The van der Waals surface area contributed by atoms with Gasteiger partial charge in [0.2, 0.25) is 0 Å². The zero-order valence-electron chi connectivity index (χ0n) is 13.1. The number of hydrogen-bond acceptors (Lipinski definition) is 2. The van der Waals surface area contributed by atoms with E-state index in [0.717, 1.165) is 18.7 Å². The summed E-state index contributed by atoms with van der Waals surface area (Å²) in [6.45, 7) is 14.2. The number of hydrogen-bond donors (Lipinski definition) is 1. The third-order valence-corrected chi connectivity index (χ3v) is 3.94. The van der Waals surface area contributed by atoms with Gasteiger partial charge in [0.15, 0.2) is 0 Å². The lowest BCUT2D eigenvalue weighted by Crippen LogP contribution is -2.40. The van der Waals surface area contributed by atoms with Crippen LogP contribution in [-0.2, 0) is 0 Å². The largest absolute Gasteiger partial charge is 0.487 e. The van der Waals surface area contributed by atoms with Crippen molar-refractivity contribution in [3.8, 4) is 5.75 Å². The SMILES string of the molecule is CCNC1CC(C)(C)Oc2c(C(C)C)ccc(C)c21. The molecule has 0 aromatic heterocycles. The topological polar surface area (TPSA) is 21.3 Å². The zero-order chi connectivity index (χ0) is 14.2. The van der Waals surface area contributed by atoms with E-state index in [4.69, 9.17) is 4.74 Å². The molecule has 0 amide bonds. The molecular formula is C17H27NO. The lowest BCUT2D eigenvalue weighted by molar-refractivity contribution is 0.0645. The van der Waals surface area contributed by atoms with Crippen LogP contribution >= 0.6 is 0 Å². The smallest absolute Gasteiger partial charge is 0.128 e. The Hall–Kier alpha value is -1.02. The molecule has 1 aromatic rings. The molecule has 2 heteroatoms. The van der Waals surface area contributed by atoms with Crippen LogP contribution in [0.15, 0.2) is 12.1 Å². The van der Waals surface area contributed by atoms with Crippen LogP contribution in [0.25, 0.3) is 0 Å². The van der Waals surface area contributed by atoms with Crippen molar-refractivity contribution in [1.29, 1.82) is 0 Å². The Morgan fingerprint density at radius 2 is 2.05 bits per heavy atom. The first-order chi connectivity index (χ1) is 8.85. The van der Waals surface area contributed by atoms with Gasteiger partial charge < -0.3 is 10.1 Å². The van der Waals surface area contributed by atoms with Crippen molar-refractivity contribution in [3.63, 3.8) is 0 Å². The van der Waals surface area contributed by atoms with Gasteiger partial charge in [-0.2, -0.15) is 0 Å². The quantitative estimate of drug-likeness (QED) is 0.874. The summed E-state index contributed by atoms with van der Waals surface area (Å²) in [6, 6.07) is 4.87. The van der Waals surface area contributed by atoms with E-state index < -0.39 is 0 Å². The minimum atomic E-state index is -0.0999. The molecule has 1 unspecified atom stereocenters. The van der Waals surface area contributed by atoms with Crippen LogP contribution in [0.3, 0.4) is 0 Å². The Balaban J connectivity index is 2.57. The van der Waals surface area contributed by atoms with Gasteiger partial charge in [0.05, 0.1) is 0 Å². The van der Waals surface area contributed by atoms with E-state index in [0.29, 0.717) is 12.0 Å². The standard InChI is InChI=1S/C17H27NO/c1-7-18-14-10-17(5,6)19-16-13(11(2)3)9-8-12(4)15(14)16/h8-9,11,14,18H,7,10H2,1-6H3. The van der Waals surface area contributed by atoms with Gasteiger partial charge in [0, 0.05) is 18.0 Å². The fraction of sp³-hybridized carbons (Fsp3) is 0.647. The highest BCUT2D eigenvalue weighted by molar-refractivity contribution is 5.51. The molecule has 2 rings (SSSR count). The van der Waals surface area contributed by atoms with Gasteiger partial charge >= 0.3 is 0 Å². The van der Waals surface area contributed by atoms with Crippen LogP contribution in [0.1, 0.15) is 69.7 Å². The second kappa shape index (κ2) is 5.16. The Labute approximate surface area is 117 Å². The van der Waals surface area contributed by atoms with E-state index in [9.17, 15) is 0 Å². The fourth-order valence-corrected chi connectivity index (χ4v) is 3.05. The molecule has 2 nitrogen and oxygen atoms in total. The van der Waals surface area contributed by atoms with Crippen LogP contribution in [0.5, 0.6) is 5.75 Å². The van der Waals surface area contributed by atoms with Gasteiger partial charge in [-0.1, -0.05) is 32.9 Å². The summed E-state index contributed by atoms with van der Waals surface area (Å²) < 4.78 is 6.33. The maximum atomic E-state index is 6.33. The van der Waals surface area contributed by atoms with Crippen molar-refractivity contribution in [2.75, 3.05) is 6.54 Å². The highest BCUT2D eigenvalue weighted by Gasteiger charge is 2.35. The first kappa shape index (κ1) is 14.4. The number of ether oxygens (including phenoxy) is 1. The van der Waals surface area contributed by atoms with Crippen LogP contribution in [0.4, 0.5) is 0 Å². The Morgan fingerprint density at radius 3 is 2.63 bits per heavy atom. The second-order valence-corrected chi connectivity index (χ2v) is 6.55. The van der Waals surface area contributed by atoms with Gasteiger partial charge in [0.25, 0.3) is 0 Å². The van der Waals surface area contributed by atoms with Gasteiger partial charge in [-0.3, -0.25) is 0 Å². The van der Waals surface area contributed by atoms with Gasteiger partial charge in [-0.25, -0.2) is 0 Å². The summed E-state index contributed by atoms with van der Waals surface area (Å²) in [5.41, 5.74) is 3.93. The molecular weight excluding hydrogens is 234 g/mol. The lowest BCUT2D eigenvalue weighted by atomic mass is 9.84. The molecule has 106 valence electrons. The molecule has 0 saturated carbocycles. The van der Waals surface area contributed by atoms with Crippen molar-refractivity contribution >= 4 is 0 Å². The van der Waals surface area contributed by atoms with Crippen LogP contribution < -0.4 is 10.1 Å². The molecule has 0 spiro atoms. The number of aryl methyl sites for hydroxylation is 1. The zero-order valence-corrected chi connectivity index (χ0v) is 13.1. The molecule has 1 aliphatic heterocycles. The molecule has 0 radical (unpaired) electrons. The first-order valence-corrected chi connectivity index (χ1v) is 7.41. The predicted octanol–water partition coefficient (Wildman–Crippen LogP) is 4.33. The summed E-state index contributed by atoms with van der Waals surface area (Å²) in [5.74, 6) is 1.61. The minimum absolute atomic E-state index is 0.0999. The van der Waals surface area contributed by atoms with Gasteiger partial charge in [-0.05, 0) is 44.4 Å². The normalized spacial score (nSPS) is 21.1. The van der Waals surface area contributed by atoms with Crippen molar-refractivity contribution in [2.45, 2.75) is 65.5 Å². The summed E-state index contributed by atoms with van der Waals surface area (Å²) in [7, 11) is 0. The number of benzene rings is 1. The summed E-state index contributed by atoms with van der Waals surface area (Å²) in [6.07, 6.45) is 1.02. The molecule has 0 fully saturated rings. The number of fused-ring (bicyclic) bond motifs is 1. The average Bonchev–Trinajstić information content (AvgIpc) is 2.26. The molecule has 1 heterocycles. The third kappa shape index (κ3) is 2.79. The average molecular weight is 261 g/mol. The van der Waals surface area contributed by atoms with E-state index in [1.807, 2.05) is 0 Å². The third-order valence-electron chi connectivity index (χ3n) is 3.94. The lowest BCUT2D eigenvalue weighted by Gasteiger charge is -2.40. The summed E-state index contributed by atoms with van der Waals surface area (Å²) >= 11 is 0. The Bertz CT molecular complexity index is 463. The van der Waals surface area contributed by atoms with Crippen LogP contribution in [0, 0.1) is 6.92 Å². The molecule has 0 saturated heterocycles. The first-order valence-electron chi connectivity index (χ1n) is 7.41. The molecule has 0 bridgehead atoms. The molecule has 0 aliphatic carbocycles. The van der Waals surface area contributed by atoms with E-state index in [1.54, 1.807) is 0 Å². The molecule has 1 N–H and O–H groups in total. The minimum Gasteiger partial charge on any atom is -0.487 e. The van der Waals surface area contributed by atoms with Crippen LogP contribution in [0.2, 0.25) is 0 Å². The fourth-order valence-electron chi connectivity index (χ4n) is 3.05. The van der Waals surface area contributed by atoms with E-state index in [2.05, 4.69) is 59.0 Å². The predicted molar refractivity (Wildman–Crippen MR) is 81.0 cm³/mol. The van der Waals surface area contributed by atoms with Crippen molar-refractivity contribution < 1.29 is 4.74 Å². The maximum Gasteiger partial charge on any atom is 0.128 e. The summed E-state index contributed by atoms with van der Waals surface area (Å²) in [5, 5.41) is 3.62. The summed E-state index contributed by atoms with van der Waals surface area (Å²) in [4.78, 5) is 0. The molecule has 1 aromatic carbocycles. The van der Waals surface area contributed by atoms with E-state index in [-0.39, 0.29) is 5.60 Å². The van der Waals surface area contributed by atoms with Crippen molar-refractivity contribution in [3.05, 3.63) is 28.8 Å². The van der Waals surface area contributed by atoms with Crippen molar-refractivity contribution in [1.82, 2.24) is 5.32 Å². The van der Waals surface area contributed by atoms with E-state index in [1.165, 1.54) is 16.7 Å². The maximum absolute atomic E-state index is 6.33. The van der Waals surface area contributed by atoms with E-state index >= 15 is 0 Å². The van der Waals surface area contributed by atoms with Crippen molar-refractivity contribution in [2.24, 2.45) is 0 Å². The monoisotopic (exact) mass is 261 g/mol.